The highest BCUT2D eigenvalue weighted by molar-refractivity contribution is 7.89. The van der Waals surface area contributed by atoms with Gasteiger partial charge in [-0.1, -0.05) is 19.9 Å². The minimum absolute atomic E-state index is 0.144. The van der Waals surface area contributed by atoms with Crippen LogP contribution < -0.4 is 5.32 Å². The first-order chi connectivity index (χ1) is 9.50. The largest absolute Gasteiger partial charge is 0.313 e. The molecular weight excluding hydrogens is 274 g/mol. The lowest BCUT2D eigenvalue weighted by atomic mass is 10.1. The van der Waals surface area contributed by atoms with Gasteiger partial charge in [0, 0.05) is 32.0 Å². The Balaban J connectivity index is 2.19. The van der Waals surface area contributed by atoms with E-state index < -0.39 is 10.0 Å². The van der Waals surface area contributed by atoms with E-state index in [-0.39, 0.29) is 11.8 Å². The number of piperazine rings is 1. The van der Waals surface area contributed by atoms with Crippen molar-refractivity contribution in [3.63, 3.8) is 0 Å². The van der Waals surface area contributed by atoms with Crippen molar-refractivity contribution >= 4 is 10.0 Å². The second kappa shape index (κ2) is 6.65. The standard InChI is InChI=1S/C14H23N3O2S/c1-12(2)5-9-20(18,19)17-8-7-16-11-14(17)13-4-3-6-15-10-13/h3-4,6,10,12,14,16H,5,7-9,11H2,1-2H3. The Morgan fingerprint density at radius 2 is 2.30 bits per heavy atom. The molecule has 1 fully saturated rings. The summed E-state index contributed by atoms with van der Waals surface area (Å²) in [6.45, 7) is 5.97. The van der Waals surface area contributed by atoms with Crippen molar-refractivity contribution in [3.05, 3.63) is 30.1 Å². The number of rotatable bonds is 5. The molecule has 1 aromatic rings. The van der Waals surface area contributed by atoms with Gasteiger partial charge in [0.25, 0.3) is 0 Å². The fourth-order valence-corrected chi connectivity index (χ4v) is 4.33. The minimum Gasteiger partial charge on any atom is -0.313 e. The maximum absolute atomic E-state index is 12.6. The quantitative estimate of drug-likeness (QED) is 0.892. The third-order valence-corrected chi connectivity index (χ3v) is 5.48. The molecule has 0 amide bonds. The number of sulfonamides is 1. The lowest BCUT2D eigenvalue weighted by Crippen LogP contribution is -2.49. The van der Waals surface area contributed by atoms with Crippen molar-refractivity contribution in [3.8, 4) is 0 Å². The molecule has 2 rings (SSSR count). The molecule has 0 bridgehead atoms. The first-order valence-corrected chi connectivity index (χ1v) is 8.72. The molecule has 1 aliphatic rings. The Morgan fingerprint density at radius 3 is 2.95 bits per heavy atom. The number of nitrogens with zero attached hydrogens (tertiary/aromatic N) is 2. The van der Waals surface area contributed by atoms with Crippen LogP contribution in [0.5, 0.6) is 0 Å². The van der Waals surface area contributed by atoms with Gasteiger partial charge in [0.15, 0.2) is 0 Å². The SMILES string of the molecule is CC(C)CCS(=O)(=O)N1CCNCC1c1cccnc1. The van der Waals surface area contributed by atoms with E-state index in [9.17, 15) is 8.42 Å². The van der Waals surface area contributed by atoms with Gasteiger partial charge in [-0.25, -0.2) is 8.42 Å². The highest BCUT2D eigenvalue weighted by atomic mass is 32.2. The zero-order chi connectivity index (χ0) is 14.6. The summed E-state index contributed by atoms with van der Waals surface area (Å²) in [5.41, 5.74) is 0.952. The van der Waals surface area contributed by atoms with Gasteiger partial charge in [-0.05, 0) is 24.0 Å². The molecular formula is C14H23N3O2S. The van der Waals surface area contributed by atoms with Gasteiger partial charge in [0.2, 0.25) is 10.0 Å². The van der Waals surface area contributed by atoms with Crippen molar-refractivity contribution in [1.29, 1.82) is 0 Å². The molecule has 2 heterocycles. The Morgan fingerprint density at radius 1 is 1.50 bits per heavy atom. The topological polar surface area (TPSA) is 62.3 Å². The predicted octanol–water partition coefficient (Wildman–Crippen LogP) is 1.40. The second-order valence-electron chi connectivity index (χ2n) is 5.62. The summed E-state index contributed by atoms with van der Waals surface area (Å²) in [6.07, 6.45) is 4.16. The Labute approximate surface area is 121 Å². The maximum Gasteiger partial charge on any atom is 0.214 e. The van der Waals surface area contributed by atoms with E-state index in [1.807, 2.05) is 26.0 Å². The molecule has 6 heteroatoms. The lowest BCUT2D eigenvalue weighted by Gasteiger charge is -2.35. The van der Waals surface area contributed by atoms with E-state index in [2.05, 4.69) is 10.3 Å². The van der Waals surface area contributed by atoms with Crippen LogP contribution >= 0.6 is 0 Å². The van der Waals surface area contributed by atoms with E-state index >= 15 is 0 Å². The molecule has 0 aromatic carbocycles. The first-order valence-electron chi connectivity index (χ1n) is 7.11. The van der Waals surface area contributed by atoms with Crippen molar-refractivity contribution in [2.75, 3.05) is 25.4 Å². The molecule has 1 aromatic heterocycles. The molecule has 0 saturated carbocycles. The third kappa shape index (κ3) is 3.77. The third-order valence-electron chi connectivity index (χ3n) is 3.57. The summed E-state index contributed by atoms with van der Waals surface area (Å²) in [5.74, 6) is 0.617. The van der Waals surface area contributed by atoms with E-state index in [0.717, 1.165) is 5.56 Å². The smallest absolute Gasteiger partial charge is 0.214 e. The zero-order valence-corrected chi connectivity index (χ0v) is 12.9. The van der Waals surface area contributed by atoms with Gasteiger partial charge in [-0.2, -0.15) is 4.31 Å². The minimum atomic E-state index is -3.21. The molecule has 1 unspecified atom stereocenters. The second-order valence-corrected chi connectivity index (χ2v) is 7.66. The maximum atomic E-state index is 12.6. The molecule has 0 aliphatic carbocycles. The fourth-order valence-electron chi connectivity index (χ4n) is 2.38. The van der Waals surface area contributed by atoms with E-state index in [4.69, 9.17) is 0 Å². The summed E-state index contributed by atoms with van der Waals surface area (Å²) in [6, 6.07) is 3.65. The summed E-state index contributed by atoms with van der Waals surface area (Å²) < 4.78 is 26.7. The van der Waals surface area contributed by atoms with Crippen LogP contribution in [-0.4, -0.2) is 43.1 Å². The first kappa shape index (κ1) is 15.4. The highest BCUT2D eigenvalue weighted by Crippen LogP contribution is 2.25. The molecule has 1 aliphatic heterocycles. The molecule has 20 heavy (non-hydrogen) atoms. The fraction of sp³-hybridized carbons (Fsp3) is 0.643. The van der Waals surface area contributed by atoms with Gasteiger partial charge in [-0.3, -0.25) is 4.98 Å². The van der Waals surface area contributed by atoms with Crippen LogP contribution in [0.1, 0.15) is 31.9 Å². The molecule has 0 radical (unpaired) electrons. The number of aromatic nitrogens is 1. The Hall–Kier alpha value is -0.980. The zero-order valence-electron chi connectivity index (χ0n) is 12.1. The number of hydrogen-bond donors (Lipinski definition) is 1. The van der Waals surface area contributed by atoms with Crippen molar-refractivity contribution < 1.29 is 8.42 Å². The number of pyridine rings is 1. The van der Waals surface area contributed by atoms with Crippen LogP contribution in [0.2, 0.25) is 0 Å². The molecule has 0 spiro atoms. The molecule has 1 atom stereocenters. The van der Waals surface area contributed by atoms with Crippen LogP contribution in [0.25, 0.3) is 0 Å². The molecule has 1 saturated heterocycles. The van der Waals surface area contributed by atoms with Gasteiger partial charge < -0.3 is 5.32 Å². The summed E-state index contributed by atoms with van der Waals surface area (Å²) >= 11 is 0. The Kier molecular flexibility index (Phi) is 5.12. The van der Waals surface area contributed by atoms with Crippen LogP contribution in [0, 0.1) is 5.92 Å². The Bertz CT molecular complexity index is 516. The van der Waals surface area contributed by atoms with E-state index in [0.29, 0.717) is 32.0 Å². The van der Waals surface area contributed by atoms with Crippen LogP contribution in [0.3, 0.4) is 0 Å². The van der Waals surface area contributed by atoms with Gasteiger partial charge >= 0.3 is 0 Å². The summed E-state index contributed by atoms with van der Waals surface area (Å²) in [7, 11) is -3.21. The number of hydrogen-bond acceptors (Lipinski definition) is 4. The van der Waals surface area contributed by atoms with Crippen LogP contribution in [0.4, 0.5) is 0 Å². The normalized spacial score (nSPS) is 21.2. The van der Waals surface area contributed by atoms with Gasteiger partial charge in [-0.15, -0.1) is 0 Å². The predicted molar refractivity (Wildman–Crippen MR) is 79.8 cm³/mol. The highest BCUT2D eigenvalue weighted by Gasteiger charge is 2.32. The number of nitrogens with one attached hydrogen (secondary N) is 1. The van der Waals surface area contributed by atoms with Crippen LogP contribution in [0.15, 0.2) is 24.5 Å². The summed E-state index contributed by atoms with van der Waals surface area (Å²) in [4.78, 5) is 4.10. The molecule has 112 valence electrons. The van der Waals surface area contributed by atoms with Gasteiger partial charge in [0.1, 0.15) is 0 Å². The molecule has 5 nitrogen and oxygen atoms in total. The van der Waals surface area contributed by atoms with E-state index in [1.54, 1.807) is 16.7 Å². The van der Waals surface area contributed by atoms with Crippen molar-refractivity contribution in [2.24, 2.45) is 5.92 Å². The van der Waals surface area contributed by atoms with Gasteiger partial charge in [0.05, 0.1) is 11.8 Å². The summed E-state index contributed by atoms with van der Waals surface area (Å²) in [5, 5.41) is 3.27. The lowest BCUT2D eigenvalue weighted by molar-refractivity contribution is 0.270. The van der Waals surface area contributed by atoms with E-state index in [1.165, 1.54) is 0 Å². The van der Waals surface area contributed by atoms with Crippen LogP contribution in [-0.2, 0) is 10.0 Å². The molecule has 1 N–H and O–H groups in total. The average molecular weight is 297 g/mol. The monoisotopic (exact) mass is 297 g/mol. The van der Waals surface area contributed by atoms with Crippen molar-refractivity contribution in [1.82, 2.24) is 14.6 Å². The van der Waals surface area contributed by atoms with Crippen molar-refractivity contribution in [2.45, 2.75) is 26.3 Å². The average Bonchev–Trinajstić information content (AvgIpc) is 2.46.